The van der Waals surface area contributed by atoms with Gasteiger partial charge < -0.3 is 36.0 Å². The van der Waals surface area contributed by atoms with Crippen LogP contribution in [0.1, 0.15) is 25.0 Å². The lowest BCUT2D eigenvalue weighted by Gasteiger charge is -2.29. The molecule has 0 saturated heterocycles. The molecule has 0 saturated carbocycles. The van der Waals surface area contributed by atoms with E-state index < -0.39 is 42.5 Å². The smallest absolute Gasteiger partial charge is 0.374 e. The first-order valence-corrected chi connectivity index (χ1v) is 12.4. The number of nitrogens with one attached hydrogen (secondary N) is 5. The summed E-state index contributed by atoms with van der Waals surface area (Å²) in [6, 6.07) is 12.8. The molecule has 2 aromatic heterocycles. The summed E-state index contributed by atoms with van der Waals surface area (Å²) >= 11 is 0. The summed E-state index contributed by atoms with van der Waals surface area (Å²) in [5, 5.41) is 29.6. The van der Waals surface area contributed by atoms with Gasteiger partial charge in [-0.2, -0.15) is 0 Å². The Kier molecular flexibility index (Phi) is 7.89. The van der Waals surface area contributed by atoms with Gasteiger partial charge in [-0.3, -0.25) is 9.59 Å². The van der Waals surface area contributed by atoms with Crippen LogP contribution >= 0.6 is 0 Å². The molecule has 0 aliphatic heterocycles. The third-order valence-corrected chi connectivity index (χ3v) is 6.57. The SMILES string of the molecule is CB(O)NC(C)(C)C(=O)NC(Cc1c[nH]c2ccccc12)C(=O)NC(Cc1c[nH]c2ccccc12)C(=O)O. The van der Waals surface area contributed by atoms with Gasteiger partial charge in [0.05, 0.1) is 5.54 Å². The van der Waals surface area contributed by atoms with Crippen molar-refractivity contribution in [2.24, 2.45) is 0 Å². The van der Waals surface area contributed by atoms with E-state index in [4.69, 9.17) is 0 Å². The first-order chi connectivity index (χ1) is 18.0. The molecular weight excluding hydrogens is 485 g/mol. The third-order valence-electron chi connectivity index (χ3n) is 6.57. The lowest BCUT2D eigenvalue weighted by atomic mass is 9.83. The maximum atomic E-state index is 13.5. The van der Waals surface area contributed by atoms with E-state index in [0.29, 0.717) is 0 Å². The van der Waals surface area contributed by atoms with Gasteiger partial charge in [0.2, 0.25) is 11.8 Å². The van der Waals surface area contributed by atoms with Gasteiger partial charge in [0.15, 0.2) is 0 Å². The summed E-state index contributed by atoms with van der Waals surface area (Å²) in [7, 11) is -0.954. The molecule has 0 bridgehead atoms. The Hall–Kier alpha value is -4.09. The fourth-order valence-electron chi connectivity index (χ4n) is 4.65. The van der Waals surface area contributed by atoms with Crippen molar-refractivity contribution in [3.8, 4) is 0 Å². The highest BCUT2D eigenvalue weighted by Gasteiger charge is 2.34. The highest BCUT2D eigenvalue weighted by molar-refractivity contribution is 6.46. The second-order valence-electron chi connectivity index (χ2n) is 10.00. The molecule has 2 amide bonds. The number of hydrogen-bond acceptors (Lipinski definition) is 5. The fraction of sp³-hybridized carbons (Fsp3) is 0.296. The molecular formula is C27H32BN5O5. The number of hydrogen-bond donors (Lipinski definition) is 7. The summed E-state index contributed by atoms with van der Waals surface area (Å²) in [6.07, 6.45) is 3.71. The van der Waals surface area contributed by atoms with Crippen LogP contribution in [0.15, 0.2) is 60.9 Å². The number of amides is 2. The second kappa shape index (κ2) is 11.1. The maximum absolute atomic E-state index is 13.5. The van der Waals surface area contributed by atoms with Crippen molar-refractivity contribution in [2.45, 2.75) is 51.1 Å². The molecule has 198 valence electrons. The lowest BCUT2D eigenvalue weighted by Crippen LogP contribution is -2.61. The maximum Gasteiger partial charge on any atom is 0.374 e. The van der Waals surface area contributed by atoms with Gasteiger partial charge in [-0.05, 0) is 43.9 Å². The number of carbonyl (C=O) groups is 3. The van der Waals surface area contributed by atoms with E-state index in [0.717, 1.165) is 32.9 Å². The Morgan fingerprint density at radius 1 is 0.868 bits per heavy atom. The first kappa shape index (κ1) is 27.0. The van der Waals surface area contributed by atoms with Crippen molar-refractivity contribution in [3.63, 3.8) is 0 Å². The van der Waals surface area contributed by atoms with E-state index in [1.54, 1.807) is 26.2 Å². The van der Waals surface area contributed by atoms with Crippen LogP contribution in [-0.2, 0) is 27.2 Å². The fourth-order valence-corrected chi connectivity index (χ4v) is 4.65. The molecule has 2 atom stereocenters. The summed E-state index contributed by atoms with van der Waals surface area (Å²) in [6.45, 7) is 4.67. The number of carboxylic acids is 1. The van der Waals surface area contributed by atoms with Crippen LogP contribution < -0.4 is 15.9 Å². The van der Waals surface area contributed by atoms with Crippen molar-refractivity contribution in [2.75, 3.05) is 0 Å². The summed E-state index contributed by atoms with van der Waals surface area (Å²) in [4.78, 5) is 45.1. The van der Waals surface area contributed by atoms with E-state index in [1.165, 1.54) is 6.82 Å². The number of H-pyrrole nitrogens is 2. The quantitative estimate of drug-likeness (QED) is 0.151. The minimum Gasteiger partial charge on any atom is -0.480 e. The molecule has 4 rings (SSSR count). The average molecular weight is 517 g/mol. The van der Waals surface area contributed by atoms with Gasteiger partial charge in [-0.1, -0.05) is 36.4 Å². The van der Waals surface area contributed by atoms with Crippen LogP contribution in [-0.4, -0.2) is 62.6 Å². The number of aromatic amines is 2. The molecule has 4 aromatic rings. The van der Waals surface area contributed by atoms with Gasteiger partial charge in [-0.25, -0.2) is 4.79 Å². The van der Waals surface area contributed by atoms with Crippen LogP contribution in [0.25, 0.3) is 21.8 Å². The number of aliphatic carboxylic acids is 1. The van der Waals surface area contributed by atoms with Crippen molar-refractivity contribution >= 4 is 46.6 Å². The molecule has 2 unspecified atom stereocenters. The van der Waals surface area contributed by atoms with Gasteiger partial charge in [0.25, 0.3) is 0 Å². The highest BCUT2D eigenvalue weighted by Crippen LogP contribution is 2.21. The Labute approximate surface area is 220 Å². The molecule has 7 N–H and O–H groups in total. The number of benzene rings is 2. The summed E-state index contributed by atoms with van der Waals surface area (Å²) in [5.74, 6) is -2.32. The Morgan fingerprint density at radius 3 is 1.87 bits per heavy atom. The van der Waals surface area contributed by atoms with E-state index >= 15 is 0 Å². The standard InChI is InChI=1S/C27H32BN5O5/c1-27(2,33-28(3)38)26(37)32-22(12-16-14-29-20-10-6-4-8-18(16)20)24(34)31-23(25(35)36)13-17-15-30-21-11-7-5-9-19(17)21/h4-11,14-15,22-23,29-30,33,38H,12-13H2,1-3H3,(H,31,34)(H,32,37)(H,35,36). The van der Waals surface area contributed by atoms with Crippen LogP contribution in [0.4, 0.5) is 0 Å². The Balaban J connectivity index is 1.58. The molecule has 2 heterocycles. The predicted octanol–water partition coefficient (Wildman–Crippen LogP) is 1.97. The van der Waals surface area contributed by atoms with Crippen LogP contribution in [0.3, 0.4) is 0 Å². The van der Waals surface area contributed by atoms with Crippen molar-refractivity contribution in [1.29, 1.82) is 0 Å². The molecule has 38 heavy (non-hydrogen) atoms. The highest BCUT2D eigenvalue weighted by atomic mass is 16.4. The van der Waals surface area contributed by atoms with Crippen LogP contribution in [0, 0.1) is 0 Å². The zero-order valence-corrected chi connectivity index (χ0v) is 21.5. The van der Waals surface area contributed by atoms with Crippen molar-refractivity contribution in [3.05, 3.63) is 72.1 Å². The minimum atomic E-state index is -1.22. The van der Waals surface area contributed by atoms with E-state index in [2.05, 4.69) is 25.8 Å². The number of aromatic nitrogens is 2. The summed E-state index contributed by atoms with van der Waals surface area (Å²) in [5.41, 5.74) is 2.11. The van der Waals surface area contributed by atoms with E-state index in [-0.39, 0.29) is 12.8 Å². The molecule has 10 nitrogen and oxygen atoms in total. The monoisotopic (exact) mass is 517 g/mol. The van der Waals surface area contributed by atoms with Gasteiger partial charge in [0, 0.05) is 47.0 Å². The number of rotatable bonds is 11. The predicted molar refractivity (Wildman–Crippen MR) is 147 cm³/mol. The number of carbonyl (C=O) groups excluding carboxylic acids is 2. The van der Waals surface area contributed by atoms with Crippen molar-refractivity contribution in [1.82, 2.24) is 25.8 Å². The minimum absolute atomic E-state index is 0.0634. The number of para-hydroxylation sites is 2. The normalized spacial score (nSPS) is 13.3. The number of fused-ring (bicyclic) bond motifs is 2. The Morgan fingerprint density at radius 2 is 1.37 bits per heavy atom. The zero-order valence-electron chi connectivity index (χ0n) is 21.5. The van der Waals surface area contributed by atoms with Crippen LogP contribution in [0.2, 0.25) is 6.82 Å². The molecule has 0 spiro atoms. The third kappa shape index (κ3) is 6.07. The molecule has 0 fully saturated rings. The Bertz CT molecular complexity index is 1460. The lowest BCUT2D eigenvalue weighted by molar-refractivity contribution is -0.142. The first-order valence-electron chi connectivity index (χ1n) is 12.4. The molecule has 11 heteroatoms. The average Bonchev–Trinajstić information content (AvgIpc) is 3.46. The van der Waals surface area contributed by atoms with E-state index in [9.17, 15) is 24.5 Å². The summed E-state index contributed by atoms with van der Waals surface area (Å²) < 4.78 is 0. The topological polar surface area (TPSA) is 159 Å². The largest absolute Gasteiger partial charge is 0.480 e. The molecule has 0 aliphatic rings. The second-order valence-corrected chi connectivity index (χ2v) is 10.00. The van der Waals surface area contributed by atoms with Crippen LogP contribution in [0.5, 0.6) is 0 Å². The van der Waals surface area contributed by atoms with Crippen molar-refractivity contribution < 1.29 is 24.5 Å². The molecule has 0 radical (unpaired) electrons. The molecule has 2 aromatic carbocycles. The molecule has 0 aliphatic carbocycles. The van der Waals surface area contributed by atoms with Gasteiger partial charge in [0.1, 0.15) is 12.1 Å². The van der Waals surface area contributed by atoms with E-state index in [1.807, 2.05) is 48.5 Å². The number of carboxylic acid groups (broad SMARTS) is 1. The van der Waals surface area contributed by atoms with Gasteiger partial charge >= 0.3 is 13.0 Å². The zero-order chi connectivity index (χ0) is 27.4. The van der Waals surface area contributed by atoms with Gasteiger partial charge in [-0.15, -0.1) is 0 Å².